The van der Waals surface area contributed by atoms with Gasteiger partial charge in [-0.3, -0.25) is 4.79 Å². The highest BCUT2D eigenvalue weighted by Crippen LogP contribution is 2.56. The maximum atomic E-state index is 12.3. The Morgan fingerprint density at radius 3 is 2.62 bits per heavy atom. The van der Waals surface area contributed by atoms with Crippen molar-refractivity contribution >= 4 is 14.1 Å². The summed E-state index contributed by atoms with van der Waals surface area (Å²) in [4.78, 5) is 12.3. The molecule has 0 heterocycles. The van der Waals surface area contributed by atoms with Crippen molar-refractivity contribution in [2.45, 2.75) is 91.5 Å². The lowest BCUT2D eigenvalue weighted by molar-refractivity contribution is -0.130. The maximum absolute atomic E-state index is 12.3. The summed E-state index contributed by atoms with van der Waals surface area (Å²) in [5, 5.41) is 0. The number of allylic oxidation sites excluding steroid dienone is 3. The van der Waals surface area contributed by atoms with Crippen molar-refractivity contribution in [2.75, 3.05) is 0 Å². The average Bonchev–Trinajstić information content (AvgIpc) is 2.82. The molecule has 2 aliphatic carbocycles. The lowest BCUT2D eigenvalue weighted by atomic mass is 9.62. The van der Waals surface area contributed by atoms with E-state index in [-0.39, 0.29) is 11.0 Å². The van der Waals surface area contributed by atoms with Gasteiger partial charge in [0.1, 0.15) is 5.78 Å². The van der Waals surface area contributed by atoms with Gasteiger partial charge in [-0.15, -0.1) is 0 Å². The van der Waals surface area contributed by atoms with Crippen LogP contribution in [0.3, 0.4) is 0 Å². The van der Waals surface area contributed by atoms with Crippen LogP contribution >= 0.6 is 0 Å². The highest BCUT2D eigenvalue weighted by atomic mass is 28.4. The van der Waals surface area contributed by atoms with Crippen LogP contribution in [-0.4, -0.2) is 19.7 Å². The molecule has 148 valence electrons. The molecule has 2 aliphatic rings. The van der Waals surface area contributed by atoms with Crippen molar-refractivity contribution in [1.29, 1.82) is 0 Å². The van der Waals surface area contributed by atoms with Crippen molar-refractivity contribution in [3.05, 3.63) is 24.3 Å². The number of hydrogen-bond acceptors (Lipinski definition) is 2. The third kappa shape index (κ3) is 5.42. The summed E-state index contributed by atoms with van der Waals surface area (Å²) in [6, 6.07) is 0. The summed E-state index contributed by atoms with van der Waals surface area (Å²) in [5.74, 6) is 2.22. The second-order valence-electron chi connectivity index (χ2n) is 10.4. The van der Waals surface area contributed by atoms with Crippen LogP contribution in [0, 0.1) is 23.2 Å². The Labute approximate surface area is 162 Å². The van der Waals surface area contributed by atoms with E-state index in [9.17, 15) is 4.79 Å². The lowest BCUT2D eigenvalue weighted by Gasteiger charge is -2.42. The van der Waals surface area contributed by atoms with Gasteiger partial charge in [0.15, 0.2) is 8.32 Å². The van der Waals surface area contributed by atoms with Gasteiger partial charge in [0.25, 0.3) is 0 Å². The van der Waals surface area contributed by atoms with E-state index < -0.39 is 8.32 Å². The van der Waals surface area contributed by atoms with Gasteiger partial charge in [-0.2, -0.15) is 0 Å². The molecule has 0 saturated heterocycles. The van der Waals surface area contributed by atoms with E-state index in [4.69, 9.17) is 4.43 Å². The van der Waals surface area contributed by atoms with Gasteiger partial charge >= 0.3 is 0 Å². The SMILES string of the molecule is C[C@H](CC=CC=CC(C)(C)O[Si](C)(C)C)[C@H]1CC[C@H]2C(=O)CCC[C@]12C. The highest BCUT2D eigenvalue weighted by Gasteiger charge is 2.52. The van der Waals surface area contributed by atoms with Gasteiger partial charge in [-0.1, -0.05) is 38.2 Å². The molecule has 26 heavy (non-hydrogen) atoms. The van der Waals surface area contributed by atoms with Crippen molar-refractivity contribution in [3.8, 4) is 0 Å². The number of carbonyl (C=O) groups is 1. The molecule has 2 nitrogen and oxygen atoms in total. The Bertz CT molecular complexity index is 555. The first kappa shape index (κ1) is 21.6. The molecule has 0 radical (unpaired) electrons. The zero-order valence-electron chi connectivity index (χ0n) is 18.1. The molecule has 0 amide bonds. The molecule has 0 aromatic rings. The van der Waals surface area contributed by atoms with E-state index in [2.05, 4.69) is 71.6 Å². The van der Waals surface area contributed by atoms with Crippen LogP contribution < -0.4 is 0 Å². The van der Waals surface area contributed by atoms with Crippen LogP contribution in [0.25, 0.3) is 0 Å². The molecule has 2 rings (SSSR count). The molecule has 0 N–H and O–H groups in total. The monoisotopic (exact) mass is 376 g/mol. The average molecular weight is 377 g/mol. The van der Waals surface area contributed by atoms with Crippen molar-refractivity contribution < 1.29 is 9.22 Å². The first-order valence-electron chi connectivity index (χ1n) is 10.5. The van der Waals surface area contributed by atoms with Gasteiger partial charge in [0.2, 0.25) is 0 Å². The van der Waals surface area contributed by atoms with Crippen LogP contribution in [0.2, 0.25) is 19.6 Å². The number of carbonyl (C=O) groups excluding carboxylic acids is 1. The summed E-state index contributed by atoms with van der Waals surface area (Å²) in [6.07, 6.45) is 15.4. The highest BCUT2D eigenvalue weighted by molar-refractivity contribution is 6.69. The van der Waals surface area contributed by atoms with Gasteiger partial charge in [-0.05, 0) is 82.8 Å². The fraction of sp³-hybridized carbons (Fsp3) is 0.783. The second kappa shape index (κ2) is 8.14. The Kier molecular flexibility index (Phi) is 6.77. The van der Waals surface area contributed by atoms with Gasteiger partial charge < -0.3 is 4.43 Å². The molecule has 2 fully saturated rings. The predicted molar refractivity (Wildman–Crippen MR) is 114 cm³/mol. The zero-order chi connectivity index (χ0) is 19.6. The molecule has 0 unspecified atom stereocenters. The molecule has 2 saturated carbocycles. The van der Waals surface area contributed by atoms with E-state index in [0.717, 1.165) is 25.7 Å². The standard InChI is InChI=1S/C23H40O2Si/c1-18(12-9-8-10-16-22(2,3)25-26(5,6)7)19-14-15-20-21(24)13-11-17-23(19,20)4/h8-10,16,18-20H,11-15,17H2,1-7H3/t18-,19-,20+,23-/m1/s1. The zero-order valence-corrected chi connectivity index (χ0v) is 19.1. The number of ketones is 1. The van der Waals surface area contributed by atoms with Crippen molar-refractivity contribution in [1.82, 2.24) is 0 Å². The smallest absolute Gasteiger partial charge is 0.184 e. The van der Waals surface area contributed by atoms with Gasteiger partial charge in [0, 0.05) is 12.3 Å². The Hall–Kier alpha value is -0.673. The van der Waals surface area contributed by atoms with E-state index in [1.165, 1.54) is 12.8 Å². The van der Waals surface area contributed by atoms with E-state index in [0.29, 0.717) is 23.5 Å². The maximum Gasteiger partial charge on any atom is 0.184 e. The first-order valence-corrected chi connectivity index (χ1v) is 13.9. The molecule has 4 atom stereocenters. The Morgan fingerprint density at radius 1 is 1.27 bits per heavy atom. The topological polar surface area (TPSA) is 26.3 Å². The van der Waals surface area contributed by atoms with Gasteiger partial charge in [0.05, 0.1) is 5.60 Å². The molecule has 0 spiro atoms. The summed E-state index contributed by atoms with van der Waals surface area (Å²) in [7, 11) is -1.53. The van der Waals surface area contributed by atoms with Crippen LogP contribution in [-0.2, 0) is 9.22 Å². The van der Waals surface area contributed by atoms with E-state index in [1.807, 2.05) is 0 Å². The number of rotatable bonds is 7. The molecule has 0 aliphatic heterocycles. The molecule has 0 bridgehead atoms. The normalized spacial score (nSPS) is 31.7. The minimum absolute atomic E-state index is 0.199. The van der Waals surface area contributed by atoms with E-state index in [1.54, 1.807) is 0 Å². The largest absolute Gasteiger partial charge is 0.409 e. The van der Waals surface area contributed by atoms with Crippen LogP contribution in [0.1, 0.15) is 66.2 Å². The fourth-order valence-corrected chi connectivity index (χ4v) is 7.20. The predicted octanol–water partition coefficient (Wildman–Crippen LogP) is 6.54. The lowest BCUT2D eigenvalue weighted by Crippen LogP contribution is -2.39. The second-order valence-corrected chi connectivity index (χ2v) is 14.8. The fourth-order valence-electron chi connectivity index (χ4n) is 5.55. The number of hydrogen-bond donors (Lipinski definition) is 0. The van der Waals surface area contributed by atoms with Crippen LogP contribution in [0.4, 0.5) is 0 Å². The third-order valence-electron chi connectivity index (χ3n) is 6.45. The summed E-state index contributed by atoms with van der Waals surface area (Å²) in [6.45, 7) is 15.7. The molecule has 0 aromatic carbocycles. The number of fused-ring (bicyclic) bond motifs is 1. The minimum Gasteiger partial charge on any atom is -0.409 e. The summed E-state index contributed by atoms with van der Waals surface area (Å²) >= 11 is 0. The van der Waals surface area contributed by atoms with Crippen molar-refractivity contribution in [2.24, 2.45) is 23.2 Å². The molecule has 3 heteroatoms. The summed E-state index contributed by atoms with van der Waals surface area (Å²) in [5.41, 5.74) is 0.0562. The van der Waals surface area contributed by atoms with Gasteiger partial charge in [-0.25, -0.2) is 0 Å². The quantitative estimate of drug-likeness (QED) is 0.372. The molecular formula is C23H40O2Si. The first-order chi connectivity index (χ1) is 11.9. The summed E-state index contributed by atoms with van der Waals surface area (Å²) < 4.78 is 6.20. The molecule has 0 aromatic heterocycles. The molecular weight excluding hydrogens is 336 g/mol. The van der Waals surface area contributed by atoms with Crippen LogP contribution in [0.5, 0.6) is 0 Å². The Morgan fingerprint density at radius 2 is 1.96 bits per heavy atom. The minimum atomic E-state index is -1.53. The van der Waals surface area contributed by atoms with Crippen molar-refractivity contribution in [3.63, 3.8) is 0 Å². The third-order valence-corrected chi connectivity index (χ3v) is 7.58. The Balaban J connectivity index is 1.88. The van der Waals surface area contributed by atoms with E-state index >= 15 is 0 Å². The van der Waals surface area contributed by atoms with Crippen LogP contribution in [0.15, 0.2) is 24.3 Å². The number of Topliss-reactive ketones (excluding diaryl/α,β-unsaturated/α-hetero) is 1.